The molecule has 1 saturated carbocycles. The van der Waals surface area contributed by atoms with Gasteiger partial charge in [0.1, 0.15) is 0 Å². The molecular weight excluding hydrogens is 356 g/mol. The number of rotatable bonds is 4. The predicted molar refractivity (Wildman–Crippen MR) is 89.8 cm³/mol. The Balaban J connectivity index is 1.58. The van der Waals surface area contributed by atoms with Gasteiger partial charge in [-0.05, 0) is 38.0 Å². The maximum Gasteiger partial charge on any atom is 0.308 e. The van der Waals surface area contributed by atoms with Crippen molar-refractivity contribution in [3.8, 4) is 0 Å². The fourth-order valence-corrected chi connectivity index (χ4v) is 5.40. The molecule has 27 heavy (non-hydrogen) atoms. The monoisotopic (exact) mass is 384 g/mol. The number of ether oxygens (including phenoxy) is 3. The minimum Gasteiger partial charge on any atom is -0.481 e. The number of aliphatic carboxylic acids is 1. The summed E-state index contributed by atoms with van der Waals surface area (Å²) in [5.41, 5.74) is -0.697. The zero-order chi connectivity index (χ0) is 19.4. The molecule has 1 spiro atoms. The van der Waals surface area contributed by atoms with E-state index in [4.69, 9.17) is 29.1 Å². The van der Waals surface area contributed by atoms with Crippen LogP contribution in [-0.2, 0) is 33.6 Å². The normalized spacial score (nSPS) is 48.4. The summed E-state index contributed by atoms with van der Waals surface area (Å²) in [7, 11) is 0. The molecular formula is C19H28O8. The molecule has 0 aromatic rings. The van der Waals surface area contributed by atoms with E-state index in [9.17, 15) is 9.59 Å². The molecule has 1 aliphatic carbocycles. The number of hydrogen-bond acceptors (Lipinski definition) is 7. The number of carboxylic acids is 1. The number of carbonyl (C=O) groups excluding carboxylic acids is 1. The lowest BCUT2D eigenvalue weighted by Gasteiger charge is -2.59. The molecule has 0 radical (unpaired) electrons. The molecule has 0 aromatic carbocycles. The third-order valence-corrected chi connectivity index (χ3v) is 6.89. The van der Waals surface area contributed by atoms with Crippen LogP contribution in [0.1, 0.15) is 59.3 Å². The molecule has 4 aliphatic heterocycles. The molecule has 2 bridgehead atoms. The molecule has 0 aromatic heterocycles. The molecule has 4 heterocycles. The first-order valence-electron chi connectivity index (χ1n) is 9.86. The Bertz CT molecular complexity index is 623. The maximum atomic E-state index is 12.1. The summed E-state index contributed by atoms with van der Waals surface area (Å²) in [4.78, 5) is 34.5. The Labute approximate surface area is 158 Å². The number of carboxylic acid groups (broad SMARTS) is 1. The maximum absolute atomic E-state index is 12.1. The minimum atomic E-state index is -1.03. The first-order valence-corrected chi connectivity index (χ1v) is 9.86. The van der Waals surface area contributed by atoms with Gasteiger partial charge in [-0.2, -0.15) is 0 Å². The van der Waals surface area contributed by atoms with Crippen LogP contribution in [0.2, 0.25) is 0 Å². The van der Waals surface area contributed by atoms with E-state index in [1.54, 1.807) is 0 Å². The molecule has 8 nitrogen and oxygen atoms in total. The fourth-order valence-electron chi connectivity index (χ4n) is 5.40. The lowest BCUT2D eigenvalue weighted by atomic mass is 9.58. The average Bonchev–Trinajstić information content (AvgIpc) is 2.84. The first kappa shape index (κ1) is 19.1. The van der Waals surface area contributed by atoms with Crippen molar-refractivity contribution in [2.24, 2.45) is 23.7 Å². The van der Waals surface area contributed by atoms with Gasteiger partial charge in [-0.15, -0.1) is 0 Å². The van der Waals surface area contributed by atoms with Gasteiger partial charge in [0.15, 0.2) is 11.9 Å². The predicted octanol–water partition coefficient (Wildman–Crippen LogP) is 2.60. The Kier molecular flexibility index (Phi) is 4.73. The van der Waals surface area contributed by atoms with Crippen molar-refractivity contribution >= 4 is 11.9 Å². The Morgan fingerprint density at radius 2 is 1.89 bits per heavy atom. The lowest BCUT2D eigenvalue weighted by Crippen LogP contribution is -2.70. The second-order valence-corrected chi connectivity index (χ2v) is 8.66. The second kappa shape index (κ2) is 6.69. The van der Waals surface area contributed by atoms with Crippen LogP contribution >= 0.6 is 0 Å². The van der Waals surface area contributed by atoms with Crippen LogP contribution in [0.25, 0.3) is 0 Å². The summed E-state index contributed by atoms with van der Waals surface area (Å²) < 4.78 is 17.8. The fraction of sp³-hybridized carbons (Fsp3) is 0.895. The van der Waals surface area contributed by atoms with E-state index in [-0.39, 0.29) is 30.6 Å². The molecule has 5 rings (SSSR count). The van der Waals surface area contributed by atoms with E-state index in [0.717, 1.165) is 19.3 Å². The van der Waals surface area contributed by atoms with Crippen molar-refractivity contribution in [1.29, 1.82) is 0 Å². The molecule has 5 fully saturated rings. The van der Waals surface area contributed by atoms with Gasteiger partial charge in [-0.25, -0.2) is 9.78 Å². The van der Waals surface area contributed by atoms with Gasteiger partial charge in [0, 0.05) is 18.3 Å². The van der Waals surface area contributed by atoms with Crippen LogP contribution < -0.4 is 0 Å². The van der Waals surface area contributed by atoms with E-state index in [1.165, 1.54) is 0 Å². The van der Waals surface area contributed by atoms with E-state index in [2.05, 4.69) is 6.92 Å². The Morgan fingerprint density at radius 1 is 1.11 bits per heavy atom. The second-order valence-electron chi connectivity index (χ2n) is 8.66. The summed E-state index contributed by atoms with van der Waals surface area (Å²) >= 11 is 0. The first-order chi connectivity index (χ1) is 12.7. The minimum absolute atomic E-state index is 0.0670. The Morgan fingerprint density at radius 3 is 2.63 bits per heavy atom. The van der Waals surface area contributed by atoms with Crippen molar-refractivity contribution in [2.75, 3.05) is 0 Å². The SMILES string of the molecule is C[C@@H]1CC[C@H]2[C@@H](C)C(OC(=O)CCC(=O)O)O[C@@H]3OC4(C)CC[C@@H]1[C@]32OO4. The van der Waals surface area contributed by atoms with Crippen LogP contribution in [0.4, 0.5) is 0 Å². The van der Waals surface area contributed by atoms with Crippen LogP contribution in [0, 0.1) is 23.7 Å². The summed E-state index contributed by atoms with van der Waals surface area (Å²) in [6.45, 7) is 6.06. The zero-order valence-corrected chi connectivity index (χ0v) is 16.0. The zero-order valence-electron chi connectivity index (χ0n) is 16.0. The summed E-state index contributed by atoms with van der Waals surface area (Å²) in [6, 6.07) is 0. The molecule has 8 atom stereocenters. The summed E-state index contributed by atoms with van der Waals surface area (Å²) in [6.07, 6.45) is 1.72. The van der Waals surface area contributed by atoms with Crippen LogP contribution in [0.5, 0.6) is 0 Å². The smallest absolute Gasteiger partial charge is 0.308 e. The van der Waals surface area contributed by atoms with Crippen molar-refractivity contribution in [1.82, 2.24) is 0 Å². The van der Waals surface area contributed by atoms with Gasteiger partial charge in [0.2, 0.25) is 12.1 Å². The van der Waals surface area contributed by atoms with Gasteiger partial charge in [0.25, 0.3) is 0 Å². The van der Waals surface area contributed by atoms with E-state index in [0.29, 0.717) is 12.3 Å². The highest BCUT2D eigenvalue weighted by molar-refractivity contribution is 5.76. The van der Waals surface area contributed by atoms with E-state index >= 15 is 0 Å². The quantitative estimate of drug-likeness (QED) is 0.583. The summed E-state index contributed by atoms with van der Waals surface area (Å²) in [5.74, 6) is -1.82. The number of fused-ring (bicyclic) bond motifs is 2. The molecule has 0 amide bonds. The highest BCUT2D eigenvalue weighted by atomic mass is 17.3. The molecule has 1 N–H and O–H groups in total. The molecule has 2 unspecified atom stereocenters. The van der Waals surface area contributed by atoms with Crippen LogP contribution in [0.15, 0.2) is 0 Å². The van der Waals surface area contributed by atoms with Gasteiger partial charge in [0.05, 0.1) is 12.8 Å². The van der Waals surface area contributed by atoms with E-state index < -0.39 is 35.9 Å². The number of carbonyl (C=O) groups is 2. The molecule has 4 saturated heterocycles. The highest BCUT2D eigenvalue weighted by Gasteiger charge is 2.69. The lowest BCUT2D eigenvalue weighted by molar-refractivity contribution is -0.576. The number of hydrogen-bond donors (Lipinski definition) is 1. The van der Waals surface area contributed by atoms with Gasteiger partial charge < -0.3 is 19.3 Å². The van der Waals surface area contributed by atoms with Crippen LogP contribution in [0.3, 0.4) is 0 Å². The standard InChI is InChI=1S/C19H28O8/c1-10-4-5-13-11(2)16(23-15(22)7-6-14(20)21)24-17-19(13)12(10)8-9-18(3,25-17)26-27-19/h10-13,16-17H,4-9H2,1-3H3,(H,20,21)/t10-,11-,12+,13+,16?,17-,18?,19-/m1/s1. The molecule has 8 heteroatoms. The van der Waals surface area contributed by atoms with E-state index in [1.807, 2.05) is 13.8 Å². The van der Waals surface area contributed by atoms with Crippen molar-refractivity contribution in [2.45, 2.75) is 83.3 Å². The number of esters is 1. The summed E-state index contributed by atoms with van der Waals surface area (Å²) in [5, 5.41) is 8.76. The van der Waals surface area contributed by atoms with Crippen molar-refractivity contribution < 1.29 is 38.7 Å². The van der Waals surface area contributed by atoms with Gasteiger partial charge >= 0.3 is 11.9 Å². The van der Waals surface area contributed by atoms with Crippen molar-refractivity contribution in [3.05, 3.63) is 0 Å². The molecule has 5 aliphatic rings. The third-order valence-electron chi connectivity index (χ3n) is 6.89. The average molecular weight is 384 g/mol. The Hall–Kier alpha value is -1.22. The topological polar surface area (TPSA) is 101 Å². The van der Waals surface area contributed by atoms with Gasteiger partial charge in [-0.1, -0.05) is 13.8 Å². The van der Waals surface area contributed by atoms with Crippen molar-refractivity contribution in [3.63, 3.8) is 0 Å². The van der Waals surface area contributed by atoms with Crippen LogP contribution in [-0.4, -0.2) is 41.0 Å². The highest BCUT2D eigenvalue weighted by Crippen LogP contribution is 2.60. The molecule has 152 valence electrons. The largest absolute Gasteiger partial charge is 0.481 e. The van der Waals surface area contributed by atoms with Gasteiger partial charge in [-0.3, -0.25) is 9.59 Å². The third kappa shape index (κ3) is 3.06.